The number of carbonyl (C=O) groups is 1. The summed E-state index contributed by atoms with van der Waals surface area (Å²) in [5.41, 5.74) is 5.79. The molecule has 2 aromatic carbocycles. The molecule has 4 N–H and O–H groups in total. The Morgan fingerprint density at radius 3 is 2.06 bits per heavy atom. The number of amides is 1. The second-order valence-electron chi connectivity index (χ2n) is 8.21. The Hall–Kier alpha value is -2.77. The molecular weight excluding hydrogens is 434 g/mol. The van der Waals surface area contributed by atoms with Crippen LogP contribution in [0.25, 0.3) is 0 Å². The molecule has 8 heteroatoms. The SMILES string of the molecule is CCCCCCCCCCC(=O)Nc1ccc(NCc2ccc(C(F)(F)F)cc2)c(F)c1N. The molecule has 182 valence electrons. The van der Waals surface area contributed by atoms with Crippen LogP contribution >= 0.6 is 0 Å². The highest BCUT2D eigenvalue weighted by molar-refractivity contribution is 5.94. The van der Waals surface area contributed by atoms with Crippen LogP contribution in [0.4, 0.5) is 34.6 Å². The standard InChI is InChI=1S/C25H33F4N3O/c1-2-3-4-5-6-7-8-9-10-22(33)32-21-16-15-20(23(26)24(21)30)31-17-18-11-13-19(14-12-18)25(27,28)29/h11-16,31H,2-10,17,30H2,1H3,(H,32,33). The van der Waals surface area contributed by atoms with E-state index in [1.165, 1.54) is 56.4 Å². The summed E-state index contributed by atoms with van der Waals surface area (Å²) in [6.07, 6.45) is 4.97. The lowest BCUT2D eigenvalue weighted by Crippen LogP contribution is -2.14. The monoisotopic (exact) mass is 467 g/mol. The van der Waals surface area contributed by atoms with E-state index in [1.54, 1.807) is 0 Å². The van der Waals surface area contributed by atoms with E-state index in [0.29, 0.717) is 12.0 Å². The van der Waals surface area contributed by atoms with Crippen molar-refractivity contribution in [2.24, 2.45) is 0 Å². The quantitative estimate of drug-likeness (QED) is 0.162. The molecule has 0 spiro atoms. The van der Waals surface area contributed by atoms with Crippen LogP contribution in [0.3, 0.4) is 0 Å². The Morgan fingerprint density at radius 2 is 1.45 bits per heavy atom. The minimum atomic E-state index is -4.40. The van der Waals surface area contributed by atoms with Gasteiger partial charge in [0.1, 0.15) is 0 Å². The number of nitrogens with one attached hydrogen (secondary N) is 2. The average Bonchev–Trinajstić information content (AvgIpc) is 2.78. The zero-order valence-corrected chi connectivity index (χ0v) is 19.0. The van der Waals surface area contributed by atoms with E-state index in [4.69, 9.17) is 5.73 Å². The third-order valence-electron chi connectivity index (χ3n) is 5.48. The van der Waals surface area contributed by atoms with Gasteiger partial charge in [-0.05, 0) is 36.2 Å². The first-order valence-corrected chi connectivity index (χ1v) is 11.5. The van der Waals surface area contributed by atoms with Crippen LogP contribution in [0.2, 0.25) is 0 Å². The molecule has 0 radical (unpaired) electrons. The minimum absolute atomic E-state index is 0.105. The van der Waals surface area contributed by atoms with Gasteiger partial charge in [-0.3, -0.25) is 4.79 Å². The Labute approximate surface area is 192 Å². The third-order valence-corrected chi connectivity index (χ3v) is 5.48. The number of hydrogen-bond acceptors (Lipinski definition) is 3. The van der Waals surface area contributed by atoms with Crippen molar-refractivity contribution in [3.63, 3.8) is 0 Å². The first kappa shape index (κ1) is 26.5. The summed E-state index contributed by atoms with van der Waals surface area (Å²) in [4.78, 5) is 12.2. The van der Waals surface area contributed by atoms with Crippen LogP contribution in [-0.4, -0.2) is 5.91 Å². The Bertz CT molecular complexity index is 882. The third kappa shape index (κ3) is 8.94. The van der Waals surface area contributed by atoms with Gasteiger partial charge in [-0.1, -0.05) is 64.0 Å². The van der Waals surface area contributed by atoms with Gasteiger partial charge in [-0.25, -0.2) is 4.39 Å². The average molecular weight is 468 g/mol. The molecule has 0 aliphatic carbocycles. The molecule has 0 aliphatic heterocycles. The molecule has 0 unspecified atom stereocenters. The lowest BCUT2D eigenvalue weighted by atomic mass is 10.1. The van der Waals surface area contributed by atoms with Crippen LogP contribution < -0.4 is 16.4 Å². The molecule has 2 aromatic rings. The molecule has 0 aliphatic rings. The maximum Gasteiger partial charge on any atom is 0.416 e. The Balaban J connectivity index is 1.80. The number of halogens is 4. The number of carbonyl (C=O) groups excluding carboxylic acids is 1. The molecule has 0 aromatic heterocycles. The van der Waals surface area contributed by atoms with Crippen LogP contribution in [0.1, 0.15) is 75.8 Å². The van der Waals surface area contributed by atoms with Crippen molar-refractivity contribution in [2.75, 3.05) is 16.4 Å². The fourth-order valence-corrected chi connectivity index (χ4v) is 3.48. The summed E-state index contributed by atoms with van der Waals surface area (Å²) >= 11 is 0. The number of nitrogen functional groups attached to an aromatic ring is 1. The summed E-state index contributed by atoms with van der Waals surface area (Å²) in [7, 11) is 0. The first-order valence-electron chi connectivity index (χ1n) is 11.5. The number of rotatable bonds is 13. The molecule has 0 bridgehead atoms. The van der Waals surface area contributed by atoms with Crippen molar-refractivity contribution in [3.8, 4) is 0 Å². The van der Waals surface area contributed by atoms with Crippen molar-refractivity contribution in [3.05, 3.63) is 53.3 Å². The van der Waals surface area contributed by atoms with E-state index < -0.39 is 17.6 Å². The maximum atomic E-state index is 14.6. The minimum Gasteiger partial charge on any atom is -0.395 e. The van der Waals surface area contributed by atoms with Crippen LogP contribution in [0, 0.1) is 5.82 Å². The summed E-state index contributed by atoms with van der Waals surface area (Å²) in [5, 5.41) is 5.48. The first-order chi connectivity index (χ1) is 15.7. The van der Waals surface area contributed by atoms with Gasteiger partial charge in [0.15, 0.2) is 5.82 Å². The summed E-state index contributed by atoms with van der Waals surface area (Å²) in [5.74, 6) is -0.927. The Morgan fingerprint density at radius 1 is 0.879 bits per heavy atom. The molecule has 4 nitrogen and oxygen atoms in total. The van der Waals surface area contributed by atoms with Gasteiger partial charge in [0.2, 0.25) is 5.91 Å². The van der Waals surface area contributed by atoms with Crippen molar-refractivity contribution in [1.82, 2.24) is 0 Å². The second kappa shape index (κ2) is 13.1. The maximum absolute atomic E-state index is 14.6. The normalized spacial score (nSPS) is 11.4. The molecule has 0 saturated heterocycles. The lowest BCUT2D eigenvalue weighted by Gasteiger charge is -2.14. The predicted molar refractivity (Wildman–Crippen MR) is 125 cm³/mol. The van der Waals surface area contributed by atoms with Gasteiger partial charge in [0, 0.05) is 13.0 Å². The number of anilines is 3. The van der Waals surface area contributed by atoms with Crippen molar-refractivity contribution >= 4 is 23.0 Å². The molecule has 2 rings (SSSR count). The lowest BCUT2D eigenvalue weighted by molar-refractivity contribution is -0.137. The number of unbranched alkanes of at least 4 members (excludes halogenated alkanes) is 7. The summed E-state index contributed by atoms with van der Waals surface area (Å²) < 4.78 is 52.6. The van der Waals surface area contributed by atoms with Crippen LogP contribution in [0.5, 0.6) is 0 Å². The number of hydrogen-bond donors (Lipinski definition) is 3. The topological polar surface area (TPSA) is 67.2 Å². The van der Waals surface area contributed by atoms with E-state index in [1.807, 2.05) is 0 Å². The second-order valence-corrected chi connectivity index (χ2v) is 8.21. The van der Waals surface area contributed by atoms with Crippen molar-refractivity contribution < 1.29 is 22.4 Å². The smallest absolute Gasteiger partial charge is 0.395 e. The molecule has 1 amide bonds. The van der Waals surface area contributed by atoms with Crippen LogP contribution in [-0.2, 0) is 17.5 Å². The highest BCUT2D eigenvalue weighted by Gasteiger charge is 2.29. The van der Waals surface area contributed by atoms with E-state index in [2.05, 4.69) is 17.6 Å². The van der Waals surface area contributed by atoms with Crippen molar-refractivity contribution in [2.45, 2.75) is 77.4 Å². The van der Waals surface area contributed by atoms with Gasteiger partial charge < -0.3 is 16.4 Å². The molecular formula is C25H33F4N3O. The van der Waals surface area contributed by atoms with E-state index in [9.17, 15) is 22.4 Å². The zero-order valence-electron chi connectivity index (χ0n) is 19.0. The van der Waals surface area contributed by atoms with Crippen LogP contribution in [0.15, 0.2) is 36.4 Å². The highest BCUT2D eigenvalue weighted by Crippen LogP contribution is 2.30. The fourth-order valence-electron chi connectivity index (χ4n) is 3.48. The number of nitrogens with two attached hydrogens (primary N) is 1. The number of benzene rings is 2. The number of alkyl halides is 3. The fraction of sp³-hybridized carbons (Fsp3) is 0.480. The highest BCUT2D eigenvalue weighted by atomic mass is 19.4. The zero-order chi connectivity index (χ0) is 24.3. The molecule has 33 heavy (non-hydrogen) atoms. The predicted octanol–water partition coefficient (Wildman–Crippen LogP) is 7.51. The van der Waals surface area contributed by atoms with Gasteiger partial charge in [0.25, 0.3) is 0 Å². The van der Waals surface area contributed by atoms with E-state index in [0.717, 1.165) is 31.4 Å². The molecule has 0 saturated carbocycles. The van der Waals surface area contributed by atoms with Gasteiger partial charge in [-0.2, -0.15) is 13.2 Å². The largest absolute Gasteiger partial charge is 0.416 e. The summed E-state index contributed by atoms with van der Waals surface area (Å²) in [6, 6.07) is 7.58. The Kier molecular flexibility index (Phi) is 10.5. The molecule has 0 fully saturated rings. The van der Waals surface area contributed by atoms with Gasteiger partial charge in [-0.15, -0.1) is 0 Å². The van der Waals surface area contributed by atoms with Gasteiger partial charge >= 0.3 is 6.18 Å². The van der Waals surface area contributed by atoms with Crippen molar-refractivity contribution in [1.29, 1.82) is 0 Å². The summed E-state index contributed by atoms with van der Waals surface area (Å²) in [6.45, 7) is 2.31. The molecule has 0 heterocycles. The molecule has 0 atom stereocenters. The van der Waals surface area contributed by atoms with E-state index >= 15 is 0 Å². The van der Waals surface area contributed by atoms with E-state index in [-0.39, 0.29) is 29.5 Å². The van der Waals surface area contributed by atoms with Gasteiger partial charge in [0.05, 0.1) is 22.6 Å².